The molecule has 0 spiro atoms. The molecule has 19 atom stereocenters. The fourth-order valence-corrected chi connectivity index (χ4v) is 20.8. The van der Waals surface area contributed by atoms with Crippen LogP contribution in [0.25, 0.3) is 11.2 Å². The number of carbonyl (C=O) groups excluding carboxylic acids is 1. The number of aromatic amines is 3. The maximum Gasteiger partial charge on any atom is 0.386 e. The predicted octanol–water partition coefficient (Wildman–Crippen LogP) is 3.78. The van der Waals surface area contributed by atoms with Crippen molar-refractivity contribution in [3.63, 3.8) is 0 Å². The summed E-state index contributed by atoms with van der Waals surface area (Å²) in [6, 6.07) is 2.76. The summed E-state index contributed by atoms with van der Waals surface area (Å²) in [5.41, 5.74) is 17.3. The standard InChI is InChI=1S/C67H100BrN17O29P4S4/c1-35(2)37-18-51(81-11-8-48(70)75-62(81)91)107-44(37)27-105-118(122,101-17-16-99-15-14-98-13-10-73-50(87)23-66(4,5)32-100-33-67(6,7)31-69)114-42-22-53(83-24-36(3)58(88)79-64(83)93)109-47(42)30-104-117(97,121)113-41-21-55(85-34-74-56-57(85)77-61(72)78-60(56)90)110-46(41)29-103-116(96,120)112-40-20-52(82-12-9-49(71)76-63(82)92)108-45(40)28-102-115(95,119)111-39-19-54(106-43(39)26-86)84-25-38(68)59(89)80-65(84)94/h8-9,11-12,24-25,34-35,37,39-47,51-55,86H,10,13-23,26-33,69H2,1-7H3,(H,73,87)(H,95,119)(H,96,120)(H,97,121)(H2,70,75,91)(H2,71,76,92)(H,79,88,93)(H,80,89,94)(H3,72,77,78,90)/t37?,39?,40?,41?,42?,43-,44-,45-,46-,47-,51-,52-,53-,54-,55-,115?,116?,117?,118?/m1/s1. The third-order valence-corrected chi connectivity index (χ3v) is 28.0. The number of nitrogens with zero attached hydrogens (tertiary/aromatic N) is 9. The van der Waals surface area contributed by atoms with E-state index in [1.54, 1.807) is 0 Å². The molecule has 5 aliphatic heterocycles. The number of nitrogen functional groups attached to an aromatic ring is 3. The Bertz CT molecular complexity index is 5320. The van der Waals surface area contributed by atoms with Crippen LogP contribution in [0.1, 0.15) is 117 Å². The molecule has 678 valence electrons. The number of anilines is 3. The summed E-state index contributed by atoms with van der Waals surface area (Å²) in [7, 11) is 0. The minimum Gasteiger partial charge on any atom is -0.394 e. The lowest BCUT2D eigenvalue weighted by Crippen LogP contribution is -2.35. The summed E-state index contributed by atoms with van der Waals surface area (Å²) in [5, 5.41) is 13.1. The monoisotopic (exact) mass is 1940 g/mol. The van der Waals surface area contributed by atoms with Crippen LogP contribution >= 0.6 is 79.8 Å². The number of thiol groups is 3. The second-order valence-electron chi connectivity index (χ2n) is 31.1. The number of nitrogens with one attached hydrogen (secondary N) is 4. The highest BCUT2D eigenvalue weighted by atomic mass is 79.9. The van der Waals surface area contributed by atoms with E-state index in [-0.39, 0.29) is 140 Å². The summed E-state index contributed by atoms with van der Waals surface area (Å²) in [4.78, 5) is 126. The number of H-pyrrole nitrogens is 3. The van der Waals surface area contributed by atoms with E-state index in [1.165, 1.54) is 53.1 Å². The number of aryl methyl sites for hydroxylation is 1. The number of hydrogen-bond acceptors (Lipinski definition) is 38. The Balaban J connectivity index is 0.789. The first-order valence-corrected chi connectivity index (χ1v) is 49.8. The van der Waals surface area contributed by atoms with Gasteiger partial charge in [-0.3, -0.25) is 84.1 Å². The average Bonchev–Trinajstić information content (AvgIpc) is 1.61. The summed E-state index contributed by atoms with van der Waals surface area (Å²) in [5.74, 6) is -0.891. The third kappa shape index (κ3) is 26.1. The van der Waals surface area contributed by atoms with Gasteiger partial charge in [0, 0.05) is 74.4 Å². The highest BCUT2D eigenvalue weighted by molar-refractivity contribution is 9.10. The Morgan fingerprint density at radius 2 is 1.06 bits per heavy atom. The Kier molecular flexibility index (Phi) is 33.2. The molecule has 9 unspecified atom stereocenters. The Morgan fingerprint density at radius 3 is 1.59 bits per heavy atom. The molecule has 13 N–H and O–H groups in total. The summed E-state index contributed by atoms with van der Waals surface area (Å²) in [6.45, 7) is -6.67. The molecule has 46 nitrogen and oxygen atoms in total. The molecule has 55 heteroatoms. The van der Waals surface area contributed by atoms with Gasteiger partial charge in [0.1, 0.15) is 85.5 Å². The molecule has 5 saturated heterocycles. The van der Waals surface area contributed by atoms with Crippen molar-refractivity contribution < 1.29 is 102 Å². The number of carbonyl (C=O) groups is 1. The molecule has 11 heterocycles. The number of aliphatic hydroxyl groups is 1. The number of hydrogen-bond donors (Lipinski definition) is 12. The number of halogens is 1. The Morgan fingerprint density at radius 1 is 0.598 bits per heavy atom. The first-order valence-electron chi connectivity index (χ1n) is 38.4. The van der Waals surface area contributed by atoms with Crippen LogP contribution in [0.4, 0.5) is 17.6 Å². The van der Waals surface area contributed by atoms with Crippen LogP contribution in [-0.4, -0.2) is 216 Å². The highest BCUT2D eigenvalue weighted by Gasteiger charge is 2.50. The van der Waals surface area contributed by atoms with E-state index in [1.807, 2.05) is 41.5 Å². The van der Waals surface area contributed by atoms with E-state index in [0.717, 1.165) is 19.9 Å². The number of rotatable bonds is 44. The van der Waals surface area contributed by atoms with E-state index >= 15 is 4.57 Å². The van der Waals surface area contributed by atoms with Crippen LogP contribution in [0, 0.1) is 29.6 Å². The van der Waals surface area contributed by atoms with Crippen molar-refractivity contribution in [3.8, 4) is 0 Å². The van der Waals surface area contributed by atoms with E-state index < -0.39 is 184 Å². The fraction of sp³-hybridized carbons (Fsp3) is 0.672. The zero-order chi connectivity index (χ0) is 88.6. The maximum atomic E-state index is 15.1. The van der Waals surface area contributed by atoms with Crippen LogP contribution in [0.15, 0.2) is 81.3 Å². The largest absolute Gasteiger partial charge is 0.394 e. The van der Waals surface area contributed by atoms with Crippen LogP contribution in [-0.2, 0) is 109 Å². The predicted molar refractivity (Wildman–Crippen MR) is 452 cm³/mol. The van der Waals surface area contributed by atoms with Crippen LogP contribution in [0.3, 0.4) is 0 Å². The van der Waals surface area contributed by atoms with Crippen molar-refractivity contribution in [2.24, 2.45) is 28.4 Å². The van der Waals surface area contributed by atoms with Crippen molar-refractivity contribution >= 4 is 126 Å². The quantitative estimate of drug-likeness (QED) is 0.0147. The van der Waals surface area contributed by atoms with Gasteiger partial charge in [0.2, 0.25) is 11.9 Å². The summed E-state index contributed by atoms with van der Waals surface area (Å²) in [6.07, 6.45) is -11.4. The van der Waals surface area contributed by atoms with Gasteiger partial charge in [0.25, 0.3) is 16.7 Å². The first-order chi connectivity index (χ1) is 57.5. The minimum absolute atomic E-state index is 0.0102. The fourth-order valence-electron chi connectivity index (χ4n) is 13.8. The number of nitrogens with two attached hydrogens (primary N) is 4. The molecule has 6 aromatic rings. The lowest BCUT2D eigenvalue weighted by Gasteiger charge is -2.30. The van der Waals surface area contributed by atoms with E-state index in [9.17, 15) is 52.6 Å². The number of ether oxygens (including phenoxy) is 8. The number of amides is 1. The van der Waals surface area contributed by atoms with Crippen molar-refractivity contribution in [1.82, 2.24) is 63.0 Å². The molecule has 5 aliphatic rings. The van der Waals surface area contributed by atoms with Crippen molar-refractivity contribution in [3.05, 3.63) is 126 Å². The molecule has 6 aromatic heterocycles. The highest BCUT2D eigenvalue weighted by Crippen LogP contribution is 2.61. The van der Waals surface area contributed by atoms with Gasteiger partial charge in [-0.05, 0) is 77.0 Å². The zero-order valence-corrected chi connectivity index (χ0v) is 75.7. The molecule has 0 aromatic carbocycles. The number of fused-ring (bicyclic) bond motifs is 1. The van der Waals surface area contributed by atoms with Crippen LogP contribution < -0.4 is 67.7 Å². The van der Waals surface area contributed by atoms with Gasteiger partial charge in [-0.1, -0.05) is 78.3 Å². The zero-order valence-electron chi connectivity index (χ0n) is 67.1. The van der Waals surface area contributed by atoms with Crippen molar-refractivity contribution in [1.29, 1.82) is 0 Å². The molecule has 0 radical (unpaired) electrons. The van der Waals surface area contributed by atoms with Crippen molar-refractivity contribution in [2.45, 2.75) is 173 Å². The second kappa shape index (κ2) is 41.7. The second-order valence-corrected chi connectivity index (χ2v) is 43.6. The number of aromatic nitrogens is 12. The molecule has 0 saturated carbocycles. The van der Waals surface area contributed by atoms with E-state index in [0.29, 0.717) is 26.2 Å². The van der Waals surface area contributed by atoms with Crippen molar-refractivity contribution in [2.75, 3.05) is 110 Å². The molecular weight excluding hydrogens is 1840 g/mol. The first kappa shape index (κ1) is 97.1. The molecule has 1 amide bonds. The smallest absolute Gasteiger partial charge is 0.386 e. The van der Waals surface area contributed by atoms with E-state index in [4.69, 9.17) is 113 Å². The minimum atomic E-state index is -4.80. The summed E-state index contributed by atoms with van der Waals surface area (Å²) < 4.78 is 154. The summed E-state index contributed by atoms with van der Waals surface area (Å²) >= 11 is 22.2. The maximum absolute atomic E-state index is 15.1. The lowest BCUT2D eigenvalue weighted by atomic mass is 9.89. The van der Waals surface area contributed by atoms with E-state index in [2.05, 4.69) is 92.9 Å². The van der Waals surface area contributed by atoms with Gasteiger partial charge in [-0.25, -0.2) is 37.9 Å². The van der Waals surface area contributed by atoms with Gasteiger partial charge in [0.05, 0.1) is 102 Å². The van der Waals surface area contributed by atoms with Gasteiger partial charge in [0.15, 0.2) is 11.2 Å². The van der Waals surface area contributed by atoms with Crippen LogP contribution in [0.5, 0.6) is 0 Å². The topological polar surface area (TPSA) is 605 Å². The Hall–Kier alpha value is -5.55. The SMILES string of the molecule is Cc1cn([C@H]2CC(OP(=S)(OCCOCCOCCNC(=O)CC(C)(C)COCC(C)(C)CN)OC[C@H]3O[C@@H](n4ccc(N)nc4=O)CC3C(C)C)[C@@H](COP(=O)(S)OC3C[C@H](n4cnc5c(=O)[nH]c(N)nc54)O[C@@H]3COP(=O)(S)OC3C[C@H](n4ccc(N)nc4=O)O[C@@H]3COP(=O)(S)OC3C[C@H](n4cc(Br)c(=O)[nH]c4=O)O[C@@H]3CO)O2)c(=O)[nH]c1=O. The van der Waals surface area contributed by atoms with Gasteiger partial charge < -0.3 is 84.8 Å². The van der Waals surface area contributed by atoms with Gasteiger partial charge in [-0.15, -0.1) is 0 Å². The van der Waals surface area contributed by atoms with Crippen LogP contribution in [0.2, 0.25) is 0 Å². The molecule has 0 aliphatic carbocycles. The average molecular weight is 1940 g/mol. The molecule has 5 fully saturated rings. The Labute approximate surface area is 724 Å². The normalized spacial score (nSPS) is 26.6. The van der Waals surface area contributed by atoms with Gasteiger partial charge in [-0.2, -0.15) is 15.0 Å². The number of aliphatic hydroxyl groups excluding tert-OH is 1. The molecule has 0 bridgehead atoms. The molecular formula is C67H100BrN17O29P4S4. The van der Waals surface area contributed by atoms with Gasteiger partial charge >= 0.3 is 49.9 Å². The third-order valence-electron chi connectivity index (χ3n) is 20.1. The molecule has 11 rings (SSSR count). The number of imidazole rings is 1. The lowest BCUT2D eigenvalue weighted by molar-refractivity contribution is -0.124. The molecule has 122 heavy (non-hydrogen) atoms.